The second-order valence-electron chi connectivity index (χ2n) is 4.97. The van der Waals surface area contributed by atoms with Crippen LogP contribution in [-0.4, -0.2) is 50.6 Å². The van der Waals surface area contributed by atoms with Gasteiger partial charge in [0, 0.05) is 28.9 Å². The summed E-state index contributed by atoms with van der Waals surface area (Å²) in [5.74, 6) is 0.794. The second-order valence-corrected chi connectivity index (χ2v) is 6.83. The summed E-state index contributed by atoms with van der Waals surface area (Å²) in [5, 5.41) is 2.73. The van der Waals surface area contributed by atoms with Crippen LogP contribution in [0, 0.1) is 0 Å². The van der Waals surface area contributed by atoms with Gasteiger partial charge in [0.05, 0.1) is 0 Å². The molecule has 1 heterocycles. The molecule has 18 heavy (non-hydrogen) atoms. The van der Waals surface area contributed by atoms with Crippen LogP contribution in [0.1, 0.15) is 34.1 Å². The first kappa shape index (κ1) is 15.1. The van der Waals surface area contributed by atoms with Crippen molar-refractivity contribution in [2.24, 2.45) is 0 Å². The summed E-state index contributed by atoms with van der Waals surface area (Å²) in [5.41, 5.74) is -0.865. The first-order valence-corrected chi connectivity index (χ1v) is 7.80. The molecule has 1 aliphatic rings. The zero-order valence-electron chi connectivity index (χ0n) is 11.5. The van der Waals surface area contributed by atoms with Gasteiger partial charge >= 0.3 is 0 Å². The molecule has 0 radical (unpaired) electrons. The molecule has 0 saturated carbocycles. The lowest BCUT2D eigenvalue weighted by atomic mass is 9.96. The fourth-order valence-electron chi connectivity index (χ4n) is 2.09. The molecule has 1 fully saturated rings. The summed E-state index contributed by atoms with van der Waals surface area (Å²) >= 11 is 0. The van der Waals surface area contributed by atoms with Crippen LogP contribution >= 0.6 is 0 Å². The van der Waals surface area contributed by atoms with E-state index in [0.717, 1.165) is 0 Å². The summed E-state index contributed by atoms with van der Waals surface area (Å²) in [6.07, 6.45) is 0.576. The van der Waals surface area contributed by atoms with Crippen LogP contribution in [0.4, 0.5) is 0 Å². The summed E-state index contributed by atoms with van der Waals surface area (Å²) in [4.78, 5) is 25.8. The first-order valence-electron chi connectivity index (χ1n) is 6.31. The Morgan fingerprint density at radius 2 is 1.94 bits per heavy atom. The average molecular weight is 274 g/mol. The number of hydrogen-bond acceptors (Lipinski definition) is 3. The Labute approximate surface area is 111 Å². The summed E-state index contributed by atoms with van der Waals surface area (Å²) < 4.78 is 11.5. The highest BCUT2D eigenvalue weighted by Crippen LogP contribution is 2.19. The van der Waals surface area contributed by atoms with E-state index >= 15 is 0 Å². The van der Waals surface area contributed by atoms with Gasteiger partial charge in [-0.2, -0.15) is 0 Å². The van der Waals surface area contributed by atoms with Crippen molar-refractivity contribution < 1.29 is 13.8 Å². The van der Waals surface area contributed by atoms with Crippen molar-refractivity contribution in [2.45, 2.75) is 45.7 Å². The number of rotatable bonds is 5. The Balaban J connectivity index is 2.84. The maximum absolute atomic E-state index is 12.3. The van der Waals surface area contributed by atoms with Crippen LogP contribution in [0.2, 0.25) is 0 Å². The maximum Gasteiger partial charge on any atom is 0.248 e. The monoisotopic (exact) mass is 274 g/mol. The topological polar surface area (TPSA) is 66.5 Å². The van der Waals surface area contributed by atoms with Crippen LogP contribution in [0.5, 0.6) is 0 Å². The summed E-state index contributed by atoms with van der Waals surface area (Å²) in [6, 6.07) is -0.431. The molecule has 0 spiro atoms. The molecule has 0 aromatic carbocycles. The van der Waals surface area contributed by atoms with Gasteiger partial charge < -0.3 is 10.2 Å². The van der Waals surface area contributed by atoms with Gasteiger partial charge in [0.2, 0.25) is 11.8 Å². The molecule has 6 heteroatoms. The normalized spacial score (nSPS) is 24.9. The fraction of sp³-hybridized carbons (Fsp3) is 0.833. The van der Waals surface area contributed by atoms with Gasteiger partial charge in [-0.25, -0.2) is 0 Å². The van der Waals surface area contributed by atoms with Crippen molar-refractivity contribution in [3.8, 4) is 0 Å². The molecule has 1 aliphatic heterocycles. The van der Waals surface area contributed by atoms with Crippen LogP contribution < -0.4 is 5.32 Å². The largest absolute Gasteiger partial charge is 0.340 e. The van der Waals surface area contributed by atoms with Crippen molar-refractivity contribution in [3.63, 3.8) is 0 Å². The second kappa shape index (κ2) is 5.82. The van der Waals surface area contributed by atoms with Gasteiger partial charge in [0.25, 0.3) is 0 Å². The number of carbonyl (C=O) groups is 2. The van der Waals surface area contributed by atoms with E-state index in [9.17, 15) is 13.8 Å². The molecule has 1 rings (SSSR count). The quantitative estimate of drug-likeness (QED) is 0.782. The zero-order chi connectivity index (χ0) is 13.9. The molecule has 0 bridgehead atoms. The Hall–Kier alpha value is -0.910. The average Bonchev–Trinajstić information content (AvgIpc) is 2.30. The fourth-order valence-corrected chi connectivity index (χ4v) is 2.78. The number of nitrogens with zero attached hydrogens (tertiary/aromatic N) is 1. The van der Waals surface area contributed by atoms with E-state index < -0.39 is 22.4 Å². The number of carbonyl (C=O) groups excluding carboxylic acids is 2. The van der Waals surface area contributed by atoms with E-state index in [4.69, 9.17) is 0 Å². The molecule has 2 amide bonds. The molecule has 104 valence electrons. The molecule has 0 aliphatic carbocycles. The highest BCUT2D eigenvalue weighted by atomic mass is 32.2. The third-order valence-corrected chi connectivity index (χ3v) is 4.46. The lowest BCUT2D eigenvalue weighted by molar-refractivity contribution is -0.153. The molecule has 0 aromatic rings. The van der Waals surface area contributed by atoms with Gasteiger partial charge in [-0.15, -0.1) is 0 Å². The molecule has 2 unspecified atom stereocenters. The Morgan fingerprint density at radius 1 is 1.33 bits per heavy atom. The van der Waals surface area contributed by atoms with Crippen LogP contribution in [0.25, 0.3) is 0 Å². The minimum Gasteiger partial charge on any atom is -0.340 e. The van der Waals surface area contributed by atoms with Crippen LogP contribution in [-0.2, 0) is 20.4 Å². The van der Waals surface area contributed by atoms with Crippen molar-refractivity contribution in [1.29, 1.82) is 0 Å². The summed E-state index contributed by atoms with van der Waals surface area (Å²) in [7, 11) is -0.922. The molecular formula is C12H22N2O3S. The van der Waals surface area contributed by atoms with Crippen molar-refractivity contribution in [2.75, 3.05) is 18.1 Å². The number of nitrogens with one attached hydrogen (secondary N) is 1. The van der Waals surface area contributed by atoms with E-state index in [1.807, 2.05) is 13.8 Å². The maximum atomic E-state index is 12.3. The number of hydrogen-bond donors (Lipinski definition) is 1. The molecule has 2 atom stereocenters. The van der Waals surface area contributed by atoms with Gasteiger partial charge in [-0.05, 0) is 20.3 Å². The standard InChI is InChI=1S/C12H22N2O3S/c1-5-9-10(15)13-12(3,4)11(16)14(9)7-8-18(17)6-2/h9H,5-8H2,1-4H3,(H,13,15). The van der Waals surface area contributed by atoms with E-state index in [-0.39, 0.29) is 11.8 Å². The van der Waals surface area contributed by atoms with Crippen LogP contribution in [0.3, 0.4) is 0 Å². The lowest BCUT2D eigenvalue weighted by Gasteiger charge is -2.42. The third-order valence-electron chi connectivity index (χ3n) is 3.18. The van der Waals surface area contributed by atoms with Gasteiger partial charge in [-0.1, -0.05) is 13.8 Å². The highest BCUT2D eigenvalue weighted by molar-refractivity contribution is 7.84. The summed E-state index contributed by atoms with van der Waals surface area (Å²) in [6.45, 7) is 7.50. The molecule has 1 saturated heterocycles. The van der Waals surface area contributed by atoms with Crippen molar-refractivity contribution >= 4 is 22.6 Å². The molecule has 1 N–H and O–H groups in total. The van der Waals surface area contributed by atoms with Gasteiger partial charge in [-0.3, -0.25) is 13.8 Å². The predicted molar refractivity (Wildman–Crippen MR) is 71.6 cm³/mol. The van der Waals surface area contributed by atoms with Crippen molar-refractivity contribution in [1.82, 2.24) is 10.2 Å². The Kier molecular flexibility index (Phi) is 4.90. The van der Waals surface area contributed by atoms with E-state index in [1.54, 1.807) is 18.7 Å². The first-order chi connectivity index (χ1) is 8.33. The Bertz CT molecular complexity index is 368. The molecular weight excluding hydrogens is 252 g/mol. The number of amides is 2. The van der Waals surface area contributed by atoms with Crippen LogP contribution in [0.15, 0.2) is 0 Å². The van der Waals surface area contributed by atoms with Gasteiger partial charge in [0.15, 0.2) is 0 Å². The molecule has 0 aromatic heterocycles. The van der Waals surface area contributed by atoms with E-state index in [0.29, 0.717) is 24.5 Å². The van der Waals surface area contributed by atoms with E-state index in [2.05, 4.69) is 5.32 Å². The van der Waals surface area contributed by atoms with E-state index in [1.165, 1.54) is 0 Å². The minimum atomic E-state index is -0.922. The smallest absolute Gasteiger partial charge is 0.248 e. The predicted octanol–water partition coefficient (Wildman–Crippen LogP) is 0.271. The van der Waals surface area contributed by atoms with Gasteiger partial charge in [0.1, 0.15) is 11.6 Å². The lowest BCUT2D eigenvalue weighted by Crippen LogP contribution is -2.68. The van der Waals surface area contributed by atoms with Crippen molar-refractivity contribution in [3.05, 3.63) is 0 Å². The Morgan fingerprint density at radius 3 is 2.44 bits per heavy atom. The SMILES string of the molecule is CCC1C(=O)NC(C)(C)C(=O)N1CCS(=O)CC. The minimum absolute atomic E-state index is 0.0953. The molecule has 5 nitrogen and oxygen atoms in total. The highest BCUT2D eigenvalue weighted by Gasteiger charge is 2.44. The zero-order valence-corrected chi connectivity index (χ0v) is 12.3. The third kappa shape index (κ3) is 3.10. The number of piperazine rings is 1.